The number of para-hydroxylation sites is 1. The molecule has 2 aromatic carbocycles. The maximum Gasteiger partial charge on any atom is 0.226 e. The molecule has 2 aliphatic rings. The Kier molecular flexibility index (Phi) is 4.96. The van der Waals surface area contributed by atoms with Crippen molar-refractivity contribution in [1.82, 2.24) is 9.88 Å². The molecule has 0 spiro atoms. The van der Waals surface area contributed by atoms with Crippen LogP contribution in [0, 0.1) is 11.7 Å². The Morgan fingerprint density at radius 2 is 2.03 bits per heavy atom. The lowest BCUT2D eigenvalue weighted by Crippen LogP contribution is -2.51. The Labute approximate surface area is 174 Å². The van der Waals surface area contributed by atoms with Crippen LogP contribution in [0.3, 0.4) is 0 Å². The normalized spacial score (nSPS) is 21.8. The first-order valence-corrected chi connectivity index (χ1v) is 11.2. The Morgan fingerprint density at radius 3 is 2.93 bits per heavy atom. The highest BCUT2D eigenvalue weighted by Crippen LogP contribution is 2.33. The van der Waals surface area contributed by atoms with Gasteiger partial charge in [-0.3, -0.25) is 4.79 Å². The number of carbonyl (C=O) groups is 1. The van der Waals surface area contributed by atoms with Crippen molar-refractivity contribution < 1.29 is 9.18 Å². The van der Waals surface area contributed by atoms with Crippen molar-refractivity contribution in [1.29, 1.82) is 0 Å². The zero-order valence-corrected chi connectivity index (χ0v) is 17.1. The second kappa shape index (κ2) is 7.75. The summed E-state index contributed by atoms with van der Waals surface area (Å²) >= 11 is 1.69. The third kappa shape index (κ3) is 3.50. The topological polar surface area (TPSA) is 36.4 Å². The van der Waals surface area contributed by atoms with E-state index in [4.69, 9.17) is 0 Å². The monoisotopic (exact) mass is 409 g/mol. The Balaban J connectivity index is 1.21. The van der Waals surface area contributed by atoms with Crippen LogP contribution in [0.25, 0.3) is 10.2 Å². The molecule has 0 bridgehead atoms. The fourth-order valence-electron chi connectivity index (χ4n) is 4.86. The molecule has 0 aliphatic carbocycles. The second-order valence-corrected chi connectivity index (χ2v) is 8.88. The fourth-order valence-corrected chi connectivity index (χ4v) is 5.69. The van der Waals surface area contributed by atoms with Crippen LogP contribution >= 0.6 is 11.3 Å². The number of nitrogens with zero attached hydrogens (tertiary/aromatic N) is 3. The van der Waals surface area contributed by atoms with E-state index in [9.17, 15) is 9.18 Å². The van der Waals surface area contributed by atoms with Crippen LogP contribution in [0.15, 0.2) is 48.0 Å². The number of anilines is 1. The van der Waals surface area contributed by atoms with E-state index in [1.165, 1.54) is 16.3 Å². The van der Waals surface area contributed by atoms with Gasteiger partial charge in [-0.05, 0) is 49.4 Å². The molecule has 150 valence electrons. The van der Waals surface area contributed by atoms with Gasteiger partial charge in [0, 0.05) is 25.6 Å². The minimum Gasteiger partial charge on any atom is -0.365 e. The van der Waals surface area contributed by atoms with Crippen LogP contribution in [-0.2, 0) is 11.2 Å². The van der Waals surface area contributed by atoms with E-state index in [1.807, 2.05) is 22.5 Å². The molecule has 0 unspecified atom stereocenters. The van der Waals surface area contributed by atoms with Crippen LogP contribution in [-0.4, -0.2) is 41.5 Å². The van der Waals surface area contributed by atoms with Crippen molar-refractivity contribution >= 4 is 33.1 Å². The van der Waals surface area contributed by atoms with Crippen molar-refractivity contribution in [3.05, 3.63) is 59.4 Å². The lowest BCUT2D eigenvalue weighted by atomic mass is 9.96. The molecule has 5 rings (SSSR count). The highest BCUT2D eigenvalue weighted by Gasteiger charge is 2.42. The molecule has 1 amide bonds. The Bertz CT molecular complexity index is 1040. The fraction of sp³-hybridized carbons (Fsp3) is 0.391. The number of carbonyl (C=O) groups excluding carboxylic acids is 1. The molecule has 0 N–H and O–H groups in total. The summed E-state index contributed by atoms with van der Waals surface area (Å²) < 4.78 is 15.4. The number of hydrogen-bond donors (Lipinski definition) is 0. The Hall–Kier alpha value is -2.47. The van der Waals surface area contributed by atoms with Gasteiger partial charge in [-0.15, -0.1) is 11.3 Å². The van der Waals surface area contributed by atoms with Gasteiger partial charge in [0.2, 0.25) is 5.91 Å². The second-order valence-electron chi connectivity index (χ2n) is 8.03. The molecule has 3 aromatic rings. The van der Waals surface area contributed by atoms with Crippen LogP contribution in [0.1, 0.15) is 24.8 Å². The average Bonchev–Trinajstić information content (AvgIpc) is 3.33. The molecule has 0 saturated carbocycles. The zero-order valence-electron chi connectivity index (χ0n) is 16.3. The van der Waals surface area contributed by atoms with Gasteiger partial charge in [0.25, 0.3) is 0 Å². The van der Waals surface area contributed by atoms with E-state index in [-0.39, 0.29) is 17.8 Å². The lowest BCUT2D eigenvalue weighted by molar-refractivity contribution is -0.132. The first-order valence-electron chi connectivity index (χ1n) is 10.3. The minimum absolute atomic E-state index is 0.0984. The molecule has 0 radical (unpaired) electrons. The van der Waals surface area contributed by atoms with Crippen molar-refractivity contribution in [3.8, 4) is 0 Å². The molecule has 2 fully saturated rings. The number of rotatable bonds is 5. The molecule has 2 saturated heterocycles. The quantitative estimate of drug-likeness (QED) is 0.623. The molecule has 4 nitrogen and oxygen atoms in total. The summed E-state index contributed by atoms with van der Waals surface area (Å²) in [4.78, 5) is 21.4. The number of halogens is 1. The third-order valence-corrected chi connectivity index (χ3v) is 7.22. The summed E-state index contributed by atoms with van der Waals surface area (Å²) in [5, 5.41) is 0. The van der Waals surface area contributed by atoms with Gasteiger partial charge in [-0.25, -0.2) is 9.37 Å². The van der Waals surface area contributed by atoms with Gasteiger partial charge < -0.3 is 9.80 Å². The third-order valence-electron chi connectivity index (χ3n) is 6.30. The number of benzene rings is 2. The maximum absolute atomic E-state index is 14.2. The SMILES string of the molecule is O=C1[C@@H](CCCc2cccc3ncsc23)C[C@@H]2CN(c3ccccc3F)CCN12. The molecular weight excluding hydrogens is 385 g/mol. The molecular formula is C23H24FN3OS. The lowest BCUT2D eigenvalue weighted by Gasteiger charge is -2.38. The zero-order chi connectivity index (χ0) is 19.8. The summed E-state index contributed by atoms with van der Waals surface area (Å²) in [5.41, 5.74) is 4.95. The molecule has 6 heteroatoms. The van der Waals surface area contributed by atoms with Crippen LogP contribution in [0.4, 0.5) is 10.1 Å². The highest BCUT2D eigenvalue weighted by atomic mass is 32.1. The minimum atomic E-state index is -0.181. The summed E-state index contributed by atoms with van der Waals surface area (Å²) in [7, 11) is 0. The van der Waals surface area contributed by atoms with E-state index >= 15 is 0 Å². The number of fused-ring (bicyclic) bond motifs is 2. The van der Waals surface area contributed by atoms with Gasteiger partial charge >= 0.3 is 0 Å². The predicted octanol–water partition coefficient (Wildman–Crippen LogP) is 4.50. The van der Waals surface area contributed by atoms with Crippen LogP contribution in [0.5, 0.6) is 0 Å². The van der Waals surface area contributed by atoms with E-state index in [2.05, 4.69) is 28.1 Å². The smallest absolute Gasteiger partial charge is 0.226 e. The summed E-state index contributed by atoms with van der Waals surface area (Å²) in [6, 6.07) is 13.4. The standard InChI is InChI=1S/C23H24FN3OS/c24-19-8-1-2-10-21(19)26-11-12-27-18(14-26)13-17(23(27)28)7-3-5-16-6-4-9-20-22(16)29-15-25-20/h1-2,4,6,8-10,15,17-18H,3,5,7,11-14H2/t17-,18+/m0/s1. The maximum atomic E-state index is 14.2. The largest absolute Gasteiger partial charge is 0.365 e. The van der Waals surface area contributed by atoms with Gasteiger partial charge in [0.15, 0.2) is 0 Å². The van der Waals surface area contributed by atoms with Gasteiger partial charge in [0.1, 0.15) is 5.82 Å². The van der Waals surface area contributed by atoms with Crippen LogP contribution < -0.4 is 4.90 Å². The number of thiazole rings is 1. The summed E-state index contributed by atoms with van der Waals surface area (Å²) in [6.07, 6.45) is 3.79. The van der Waals surface area contributed by atoms with Crippen molar-refractivity contribution in [3.63, 3.8) is 0 Å². The van der Waals surface area contributed by atoms with E-state index < -0.39 is 0 Å². The number of aryl methyl sites for hydroxylation is 1. The van der Waals surface area contributed by atoms with E-state index in [0.717, 1.165) is 37.7 Å². The molecule has 2 atom stereocenters. The first-order chi connectivity index (χ1) is 14.2. The van der Waals surface area contributed by atoms with Gasteiger partial charge in [-0.1, -0.05) is 24.3 Å². The summed E-state index contributed by atoms with van der Waals surface area (Å²) in [5.74, 6) is 0.208. The molecule has 2 aliphatic heterocycles. The van der Waals surface area contributed by atoms with E-state index in [1.54, 1.807) is 17.4 Å². The van der Waals surface area contributed by atoms with Crippen molar-refractivity contribution in [2.45, 2.75) is 31.7 Å². The van der Waals surface area contributed by atoms with Gasteiger partial charge in [0.05, 0.1) is 27.5 Å². The number of aromatic nitrogens is 1. The highest BCUT2D eigenvalue weighted by molar-refractivity contribution is 7.16. The number of piperazine rings is 1. The Morgan fingerprint density at radius 1 is 1.14 bits per heavy atom. The molecule has 29 heavy (non-hydrogen) atoms. The molecule has 1 aromatic heterocycles. The first kappa shape index (κ1) is 18.6. The number of amides is 1. The summed E-state index contributed by atoms with van der Waals surface area (Å²) in [6.45, 7) is 2.11. The molecule has 3 heterocycles. The van der Waals surface area contributed by atoms with Crippen molar-refractivity contribution in [2.24, 2.45) is 5.92 Å². The predicted molar refractivity (Wildman–Crippen MR) is 115 cm³/mol. The number of hydrogen-bond acceptors (Lipinski definition) is 4. The van der Waals surface area contributed by atoms with Crippen LogP contribution in [0.2, 0.25) is 0 Å². The van der Waals surface area contributed by atoms with Gasteiger partial charge in [-0.2, -0.15) is 0 Å². The van der Waals surface area contributed by atoms with E-state index in [0.29, 0.717) is 24.7 Å². The average molecular weight is 410 g/mol. The van der Waals surface area contributed by atoms with Crippen molar-refractivity contribution in [2.75, 3.05) is 24.5 Å².